The van der Waals surface area contributed by atoms with Crippen molar-refractivity contribution in [2.24, 2.45) is 0 Å². The third-order valence-electron chi connectivity index (χ3n) is 6.15. The van der Waals surface area contributed by atoms with Crippen molar-refractivity contribution >= 4 is 22.2 Å². The van der Waals surface area contributed by atoms with E-state index in [0.29, 0.717) is 6.04 Å². The number of hydrogen-bond donors (Lipinski definition) is 0. The van der Waals surface area contributed by atoms with Crippen LogP contribution in [0, 0.1) is 0 Å². The molecule has 0 saturated carbocycles. The van der Waals surface area contributed by atoms with Crippen molar-refractivity contribution in [3.63, 3.8) is 0 Å². The van der Waals surface area contributed by atoms with Gasteiger partial charge in [0.05, 0.1) is 0 Å². The highest BCUT2D eigenvalue weighted by Gasteiger charge is 2.26. The minimum atomic E-state index is 0.0924. The largest absolute Gasteiger partial charge is 0.368 e. The molecule has 1 heterocycles. The smallest absolute Gasteiger partial charge is 0.193 e. The summed E-state index contributed by atoms with van der Waals surface area (Å²) in [6.45, 7) is 1.08. The van der Waals surface area contributed by atoms with Crippen LogP contribution in [0.2, 0.25) is 0 Å². The first-order chi connectivity index (χ1) is 14.8. The van der Waals surface area contributed by atoms with Gasteiger partial charge in [0.1, 0.15) is 0 Å². The normalized spacial score (nSPS) is 16.1. The molecule has 1 fully saturated rings. The Morgan fingerprint density at radius 2 is 1.53 bits per heavy atom. The average Bonchev–Trinajstić information content (AvgIpc) is 3.27. The average molecular weight is 392 g/mol. The van der Waals surface area contributed by atoms with Gasteiger partial charge in [0.15, 0.2) is 5.78 Å². The Labute approximate surface area is 177 Å². The van der Waals surface area contributed by atoms with E-state index in [1.807, 2.05) is 42.5 Å². The summed E-state index contributed by atoms with van der Waals surface area (Å²) in [6, 6.07) is 33.4. The van der Waals surface area contributed by atoms with Gasteiger partial charge in [-0.2, -0.15) is 0 Å². The van der Waals surface area contributed by atoms with Gasteiger partial charge in [-0.05, 0) is 42.3 Å². The number of carbonyl (C=O) groups excluding carboxylic acids is 1. The number of ketones is 1. The van der Waals surface area contributed by atoms with Crippen molar-refractivity contribution in [1.29, 1.82) is 0 Å². The van der Waals surface area contributed by atoms with Crippen LogP contribution in [0.1, 0.15) is 34.3 Å². The number of nitrogens with zero attached hydrogens (tertiary/aromatic N) is 1. The van der Waals surface area contributed by atoms with Crippen LogP contribution in [0.3, 0.4) is 0 Å². The van der Waals surface area contributed by atoms with E-state index in [1.54, 1.807) is 0 Å². The van der Waals surface area contributed by atoms with Gasteiger partial charge in [-0.1, -0.05) is 84.9 Å². The molecule has 1 saturated heterocycles. The number of fused-ring (bicyclic) bond motifs is 1. The molecule has 0 aliphatic carbocycles. The molecular weight excluding hydrogens is 366 g/mol. The maximum Gasteiger partial charge on any atom is 0.193 e. The maximum absolute atomic E-state index is 12.9. The van der Waals surface area contributed by atoms with Crippen molar-refractivity contribution in [2.75, 3.05) is 11.4 Å². The fourth-order valence-corrected chi connectivity index (χ4v) is 4.69. The molecule has 2 nitrogen and oxygen atoms in total. The highest BCUT2D eigenvalue weighted by atomic mass is 16.1. The first-order valence-corrected chi connectivity index (χ1v) is 10.7. The van der Waals surface area contributed by atoms with Crippen molar-refractivity contribution < 1.29 is 4.79 Å². The second-order valence-electron chi connectivity index (χ2n) is 8.09. The number of carbonyl (C=O) groups is 1. The molecule has 0 N–H and O–H groups in total. The van der Waals surface area contributed by atoms with Gasteiger partial charge < -0.3 is 4.90 Å². The molecule has 30 heavy (non-hydrogen) atoms. The first-order valence-electron chi connectivity index (χ1n) is 10.7. The van der Waals surface area contributed by atoms with Gasteiger partial charge in [-0.3, -0.25) is 4.79 Å². The van der Waals surface area contributed by atoms with E-state index in [2.05, 4.69) is 59.5 Å². The van der Waals surface area contributed by atoms with Crippen molar-refractivity contribution in [3.8, 4) is 0 Å². The summed E-state index contributed by atoms with van der Waals surface area (Å²) in [5.41, 5.74) is 4.07. The molecular formula is C28H25NO. The summed E-state index contributed by atoms with van der Waals surface area (Å²) in [4.78, 5) is 15.4. The van der Waals surface area contributed by atoms with Gasteiger partial charge in [-0.15, -0.1) is 0 Å². The number of benzene rings is 4. The summed E-state index contributed by atoms with van der Waals surface area (Å²) >= 11 is 0. The quantitative estimate of drug-likeness (QED) is 0.373. The second-order valence-corrected chi connectivity index (χ2v) is 8.09. The zero-order valence-electron chi connectivity index (χ0n) is 17.0. The molecule has 1 atom stereocenters. The summed E-state index contributed by atoms with van der Waals surface area (Å²) < 4.78 is 0. The van der Waals surface area contributed by atoms with Gasteiger partial charge in [0.25, 0.3) is 0 Å². The Bertz CT molecular complexity index is 1180. The van der Waals surface area contributed by atoms with Gasteiger partial charge in [0.2, 0.25) is 0 Å². The topological polar surface area (TPSA) is 20.3 Å². The second kappa shape index (κ2) is 8.16. The lowest BCUT2D eigenvalue weighted by atomic mass is 9.97. The zero-order valence-corrected chi connectivity index (χ0v) is 17.0. The van der Waals surface area contributed by atoms with Crippen LogP contribution in [0.5, 0.6) is 0 Å². The summed E-state index contributed by atoms with van der Waals surface area (Å²) in [5, 5.41) is 2.61. The van der Waals surface area contributed by atoms with E-state index in [-0.39, 0.29) is 5.78 Å². The molecule has 2 heteroatoms. The van der Waals surface area contributed by atoms with E-state index < -0.39 is 0 Å². The zero-order chi connectivity index (χ0) is 20.3. The van der Waals surface area contributed by atoms with Crippen molar-refractivity contribution in [1.82, 2.24) is 0 Å². The molecule has 148 valence electrons. The fraction of sp³-hybridized carbons (Fsp3) is 0.179. The van der Waals surface area contributed by atoms with Gasteiger partial charge in [0, 0.05) is 34.8 Å². The molecule has 0 aromatic heterocycles. The Hall–Kier alpha value is -3.39. The molecule has 0 spiro atoms. The Morgan fingerprint density at radius 1 is 0.800 bits per heavy atom. The Morgan fingerprint density at radius 3 is 2.43 bits per heavy atom. The Kier molecular flexibility index (Phi) is 5.06. The summed E-state index contributed by atoms with van der Waals surface area (Å²) in [5.74, 6) is 0.0924. The number of anilines is 1. The first kappa shape index (κ1) is 18.6. The van der Waals surface area contributed by atoms with E-state index in [1.165, 1.54) is 34.9 Å². The highest BCUT2D eigenvalue weighted by molar-refractivity contribution is 6.09. The maximum atomic E-state index is 12.9. The molecule has 0 radical (unpaired) electrons. The third-order valence-corrected chi connectivity index (χ3v) is 6.15. The Balaban J connectivity index is 1.41. The molecule has 1 aliphatic rings. The van der Waals surface area contributed by atoms with E-state index >= 15 is 0 Å². The predicted molar refractivity (Wildman–Crippen MR) is 124 cm³/mol. The van der Waals surface area contributed by atoms with E-state index in [4.69, 9.17) is 0 Å². The van der Waals surface area contributed by atoms with Gasteiger partial charge >= 0.3 is 0 Å². The molecule has 1 aliphatic heterocycles. The standard InChI is InChI=1S/C28H25NO/c30-28(23-11-2-1-3-12-23)24-14-6-9-21(19-24)20-25-15-8-18-29(25)27-17-7-13-22-10-4-5-16-26(22)27/h1-7,9-14,16-17,19,25H,8,15,18,20H2. The van der Waals surface area contributed by atoms with Crippen LogP contribution in [0.15, 0.2) is 97.1 Å². The lowest BCUT2D eigenvalue weighted by molar-refractivity contribution is 0.103. The van der Waals surface area contributed by atoms with Crippen molar-refractivity contribution in [2.45, 2.75) is 25.3 Å². The highest BCUT2D eigenvalue weighted by Crippen LogP contribution is 2.33. The van der Waals surface area contributed by atoms with Crippen LogP contribution in [0.4, 0.5) is 5.69 Å². The molecule has 4 aromatic rings. The summed E-state index contributed by atoms with van der Waals surface area (Å²) in [7, 11) is 0. The van der Waals surface area contributed by atoms with Crippen LogP contribution >= 0.6 is 0 Å². The molecule has 4 aromatic carbocycles. The number of hydrogen-bond acceptors (Lipinski definition) is 2. The lowest BCUT2D eigenvalue weighted by Crippen LogP contribution is -2.31. The molecule has 5 rings (SSSR count). The third kappa shape index (κ3) is 3.61. The van der Waals surface area contributed by atoms with Crippen LogP contribution < -0.4 is 4.90 Å². The van der Waals surface area contributed by atoms with Crippen LogP contribution in [-0.2, 0) is 6.42 Å². The molecule has 1 unspecified atom stereocenters. The van der Waals surface area contributed by atoms with E-state index in [9.17, 15) is 4.79 Å². The summed E-state index contributed by atoms with van der Waals surface area (Å²) in [6.07, 6.45) is 3.34. The fourth-order valence-electron chi connectivity index (χ4n) is 4.69. The SMILES string of the molecule is O=C(c1ccccc1)c1cccc(CC2CCCN2c2cccc3ccccc23)c1. The van der Waals surface area contributed by atoms with Crippen molar-refractivity contribution in [3.05, 3.63) is 114 Å². The molecule has 0 amide bonds. The minimum absolute atomic E-state index is 0.0924. The minimum Gasteiger partial charge on any atom is -0.368 e. The lowest BCUT2D eigenvalue weighted by Gasteiger charge is -2.28. The number of rotatable bonds is 5. The monoisotopic (exact) mass is 391 g/mol. The molecule has 0 bridgehead atoms. The van der Waals surface area contributed by atoms with E-state index in [0.717, 1.165) is 24.1 Å². The van der Waals surface area contributed by atoms with Crippen LogP contribution in [0.25, 0.3) is 10.8 Å². The van der Waals surface area contributed by atoms with Gasteiger partial charge in [-0.25, -0.2) is 0 Å². The predicted octanol–water partition coefficient (Wildman–Crippen LogP) is 6.28. The van der Waals surface area contributed by atoms with Crippen LogP contribution in [-0.4, -0.2) is 18.4 Å².